The molecule has 27 heavy (non-hydrogen) atoms. The SMILES string of the molecule is CC1(C)CN(OC(=O)C(F)(F)F)C(=O)c2ccc(OC/C(=C/F)CN)cc21. The van der Waals surface area contributed by atoms with Crippen molar-refractivity contribution in [3.63, 3.8) is 0 Å². The summed E-state index contributed by atoms with van der Waals surface area (Å²) in [6.07, 6.45) is -4.87. The molecule has 1 aliphatic heterocycles. The Balaban J connectivity index is 2.26. The summed E-state index contributed by atoms with van der Waals surface area (Å²) in [5.41, 5.74) is 5.32. The first-order chi connectivity index (χ1) is 12.5. The number of hydroxylamine groups is 2. The average molecular weight is 390 g/mol. The molecule has 0 spiro atoms. The van der Waals surface area contributed by atoms with E-state index in [1.165, 1.54) is 12.1 Å². The van der Waals surface area contributed by atoms with Crippen LogP contribution in [0.4, 0.5) is 17.6 Å². The molecule has 0 atom stereocenters. The Hall–Kier alpha value is -2.62. The summed E-state index contributed by atoms with van der Waals surface area (Å²) in [6.45, 7) is 2.95. The fraction of sp³-hybridized carbons (Fsp3) is 0.412. The molecule has 1 heterocycles. The molecule has 0 fully saturated rings. The van der Waals surface area contributed by atoms with E-state index in [0.29, 0.717) is 22.7 Å². The van der Waals surface area contributed by atoms with E-state index in [2.05, 4.69) is 4.84 Å². The maximum atomic E-state index is 12.5. The van der Waals surface area contributed by atoms with Crippen LogP contribution in [-0.2, 0) is 15.0 Å². The number of nitrogens with zero attached hydrogens (tertiary/aromatic N) is 1. The number of benzene rings is 1. The number of hydrogen-bond donors (Lipinski definition) is 1. The number of amides is 1. The highest BCUT2D eigenvalue weighted by Gasteiger charge is 2.46. The van der Waals surface area contributed by atoms with Crippen LogP contribution >= 0.6 is 0 Å². The Labute approximate surface area is 152 Å². The van der Waals surface area contributed by atoms with E-state index in [4.69, 9.17) is 10.5 Å². The van der Waals surface area contributed by atoms with Crippen molar-refractivity contribution in [1.29, 1.82) is 0 Å². The van der Waals surface area contributed by atoms with E-state index < -0.39 is 23.5 Å². The summed E-state index contributed by atoms with van der Waals surface area (Å²) in [5.74, 6) is -3.01. The van der Waals surface area contributed by atoms with Crippen LogP contribution in [0.1, 0.15) is 29.8 Å². The number of halogens is 4. The summed E-state index contributed by atoms with van der Waals surface area (Å²) in [5, 5.41) is 0.400. The molecular formula is C17H18F4N2O4. The second-order valence-electron chi connectivity index (χ2n) is 6.57. The third kappa shape index (κ3) is 4.57. The molecule has 1 aromatic rings. The van der Waals surface area contributed by atoms with Crippen molar-refractivity contribution in [2.24, 2.45) is 5.73 Å². The zero-order valence-electron chi connectivity index (χ0n) is 14.6. The van der Waals surface area contributed by atoms with Crippen molar-refractivity contribution in [3.8, 4) is 5.75 Å². The predicted octanol–water partition coefficient (Wildman–Crippen LogP) is 2.63. The zero-order valence-corrected chi connectivity index (χ0v) is 14.6. The van der Waals surface area contributed by atoms with Crippen LogP contribution in [0.5, 0.6) is 5.75 Å². The molecule has 10 heteroatoms. The maximum Gasteiger partial charge on any atom is 0.493 e. The Kier molecular flexibility index (Phi) is 5.79. The number of ether oxygens (including phenoxy) is 1. The third-order valence-electron chi connectivity index (χ3n) is 3.98. The highest BCUT2D eigenvalue weighted by atomic mass is 19.4. The van der Waals surface area contributed by atoms with Gasteiger partial charge in [0.25, 0.3) is 5.91 Å². The minimum atomic E-state index is -5.22. The largest absolute Gasteiger partial charge is 0.493 e. The van der Waals surface area contributed by atoms with Crippen LogP contribution in [0.2, 0.25) is 0 Å². The highest BCUT2D eigenvalue weighted by molar-refractivity contribution is 5.97. The number of fused-ring (bicyclic) bond motifs is 1. The Morgan fingerprint density at radius 3 is 2.59 bits per heavy atom. The molecule has 0 radical (unpaired) electrons. The van der Waals surface area contributed by atoms with Gasteiger partial charge in [0.15, 0.2) is 0 Å². The summed E-state index contributed by atoms with van der Waals surface area (Å²) in [4.78, 5) is 27.7. The van der Waals surface area contributed by atoms with Crippen molar-refractivity contribution >= 4 is 11.9 Å². The fourth-order valence-corrected chi connectivity index (χ4v) is 2.55. The number of rotatable bonds is 5. The molecule has 2 N–H and O–H groups in total. The zero-order chi connectivity index (χ0) is 20.4. The molecular weight excluding hydrogens is 372 g/mol. The second-order valence-corrected chi connectivity index (χ2v) is 6.57. The van der Waals surface area contributed by atoms with Crippen molar-refractivity contribution in [3.05, 3.63) is 41.2 Å². The van der Waals surface area contributed by atoms with Crippen LogP contribution in [0, 0.1) is 0 Å². The molecule has 0 bridgehead atoms. The predicted molar refractivity (Wildman–Crippen MR) is 86.4 cm³/mol. The molecule has 148 valence electrons. The van der Waals surface area contributed by atoms with Gasteiger partial charge in [-0.15, -0.1) is 0 Å². The molecule has 0 aliphatic carbocycles. The molecule has 0 unspecified atom stereocenters. The van der Waals surface area contributed by atoms with Crippen LogP contribution < -0.4 is 10.5 Å². The first-order valence-corrected chi connectivity index (χ1v) is 7.86. The maximum absolute atomic E-state index is 12.5. The number of alkyl halides is 3. The lowest BCUT2D eigenvalue weighted by Crippen LogP contribution is -2.49. The molecule has 6 nitrogen and oxygen atoms in total. The first-order valence-electron chi connectivity index (χ1n) is 7.86. The Morgan fingerprint density at radius 2 is 2.04 bits per heavy atom. The molecule has 2 rings (SSSR count). The van der Waals surface area contributed by atoms with Crippen molar-refractivity contribution < 1.29 is 36.7 Å². The van der Waals surface area contributed by atoms with Crippen LogP contribution in [0.25, 0.3) is 0 Å². The molecule has 0 saturated heterocycles. The normalized spacial score (nSPS) is 16.8. The van der Waals surface area contributed by atoms with E-state index in [1.54, 1.807) is 19.9 Å². The molecule has 1 aromatic carbocycles. The first kappa shape index (κ1) is 20.7. The Morgan fingerprint density at radius 1 is 1.37 bits per heavy atom. The summed E-state index contributed by atoms with van der Waals surface area (Å²) in [6, 6.07) is 4.31. The average Bonchev–Trinajstić information content (AvgIpc) is 2.59. The molecule has 1 aliphatic rings. The molecule has 0 saturated carbocycles. The van der Waals surface area contributed by atoms with E-state index in [0.717, 1.165) is 0 Å². The van der Waals surface area contributed by atoms with Gasteiger partial charge in [-0.2, -0.15) is 18.2 Å². The minimum absolute atomic E-state index is 0.0229. The number of carbonyl (C=O) groups is 2. The van der Waals surface area contributed by atoms with Crippen LogP contribution in [0.15, 0.2) is 30.1 Å². The van der Waals surface area contributed by atoms with E-state index >= 15 is 0 Å². The van der Waals surface area contributed by atoms with Gasteiger partial charge in [0.05, 0.1) is 12.9 Å². The number of nitrogens with two attached hydrogens (primary N) is 1. The third-order valence-corrected chi connectivity index (χ3v) is 3.98. The monoisotopic (exact) mass is 390 g/mol. The lowest BCUT2D eigenvalue weighted by Gasteiger charge is -2.37. The smallest absolute Gasteiger partial charge is 0.489 e. The lowest BCUT2D eigenvalue weighted by atomic mass is 9.78. The van der Waals surface area contributed by atoms with Gasteiger partial charge in [0.2, 0.25) is 0 Å². The fourth-order valence-electron chi connectivity index (χ4n) is 2.55. The van der Waals surface area contributed by atoms with Gasteiger partial charge < -0.3 is 15.3 Å². The number of hydrogen-bond acceptors (Lipinski definition) is 5. The standard InChI is InChI=1S/C17H18F4N2O4/c1-16(2)9-23(27-15(25)17(19,20)21)14(24)12-4-3-11(5-13(12)16)26-8-10(6-18)7-22/h3-6H,7-9,22H2,1-2H3/b10-6+. The summed E-state index contributed by atoms with van der Waals surface area (Å²) < 4.78 is 55.2. The van der Waals surface area contributed by atoms with Gasteiger partial charge in [0.1, 0.15) is 12.4 Å². The van der Waals surface area contributed by atoms with Gasteiger partial charge in [-0.1, -0.05) is 13.8 Å². The lowest BCUT2D eigenvalue weighted by molar-refractivity contribution is -0.230. The topological polar surface area (TPSA) is 81.9 Å². The van der Waals surface area contributed by atoms with Gasteiger partial charge in [-0.25, -0.2) is 9.18 Å². The van der Waals surface area contributed by atoms with Crippen molar-refractivity contribution in [2.45, 2.75) is 25.4 Å². The van der Waals surface area contributed by atoms with Gasteiger partial charge in [-0.3, -0.25) is 4.79 Å². The number of carbonyl (C=O) groups excluding carboxylic acids is 2. The molecule has 1 amide bonds. The highest BCUT2D eigenvalue weighted by Crippen LogP contribution is 2.36. The molecule has 0 aromatic heterocycles. The van der Waals surface area contributed by atoms with E-state index in [1.807, 2.05) is 0 Å². The summed E-state index contributed by atoms with van der Waals surface area (Å²) in [7, 11) is 0. The van der Waals surface area contributed by atoms with E-state index in [9.17, 15) is 27.2 Å². The summed E-state index contributed by atoms with van der Waals surface area (Å²) >= 11 is 0. The van der Waals surface area contributed by atoms with Crippen LogP contribution in [0.3, 0.4) is 0 Å². The minimum Gasteiger partial charge on any atom is -0.489 e. The van der Waals surface area contributed by atoms with Gasteiger partial charge in [0, 0.05) is 23.1 Å². The van der Waals surface area contributed by atoms with Gasteiger partial charge in [-0.05, 0) is 23.8 Å². The second kappa shape index (κ2) is 7.55. The van der Waals surface area contributed by atoms with E-state index in [-0.39, 0.29) is 30.8 Å². The van der Waals surface area contributed by atoms with Crippen LogP contribution in [-0.4, -0.2) is 42.8 Å². The van der Waals surface area contributed by atoms with Crippen molar-refractivity contribution in [1.82, 2.24) is 5.06 Å². The Bertz CT molecular complexity index is 775. The van der Waals surface area contributed by atoms with Gasteiger partial charge >= 0.3 is 12.1 Å². The quantitative estimate of drug-likeness (QED) is 0.782. The van der Waals surface area contributed by atoms with Crippen molar-refractivity contribution in [2.75, 3.05) is 19.7 Å².